The Labute approximate surface area is 104 Å². The fourth-order valence-electron chi connectivity index (χ4n) is 1.51. The number of aryl methyl sites for hydroxylation is 1. The van der Waals surface area contributed by atoms with Gasteiger partial charge in [-0.05, 0) is 25.5 Å². The van der Waals surface area contributed by atoms with E-state index in [1.54, 1.807) is 11.3 Å². The van der Waals surface area contributed by atoms with Gasteiger partial charge in [0.15, 0.2) is 5.13 Å². The molecule has 0 spiro atoms. The molecule has 2 aromatic rings. The summed E-state index contributed by atoms with van der Waals surface area (Å²) in [5, 5.41) is 7.10. The molecule has 2 rings (SSSR count). The van der Waals surface area contributed by atoms with E-state index < -0.39 is 0 Å². The molecular weight excluding hydrogens is 240 g/mol. The first kappa shape index (κ1) is 11.4. The topological polar surface area (TPSA) is 24.9 Å². The third-order valence-electron chi connectivity index (χ3n) is 2.33. The number of anilines is 1. The molecule has 1 aromatic heterocycles. The summed E-state index contributed by atoms with van der Waals surface area (Å²) in [6.45, 7) is 4.07. The highest BCUT2D eigenvalue weighted by atomic mass is 35.5. The molecule has 0 aliphatic carbocycles. The monoisotopic (exact) mass is 252 g/mol. The van der Waals surface area contributed by atoms with Crippen LogP contribution in [0.3, 0.4) is 0 Å². The molecule has 1 heterocycles. The molecule has 0 saturated carbocycles. The van der Waals surface area contributed by atoms with Gasteiger partial charge in [0.1, 0.15) is 0 Å². The van der Waals surface area contributed by atoms with Gasteiger partial charge < -0.3 is 5.32 Å². The summed E-state index contributed by atoms with van der Waals surface area (Å²) in [6, 6.07) is 8.03. The van der Waals surface area contributed by atoms with E-state index in [9.17, 15) is 0 Å². The highest BCUT2D eigenvalue weighted by Gasteiger charge is 2.10. The molecule has 1 N–H and O–H groups in total. The summed E-state index contributed by atoms with van der Waals surface area (Å²) in [7, 11) is 0. The van der Waals surface area contributed by atoms with Gasteiger partial charge in [0, 0.05) is 10.4 Å². The van der Waals surface area contributed by atoms with E-state index in [1.807, 2.05) is 36.6 Å². The molecule has 0 amide bonds. The van der Waals surface area contributed by atoms with E-state index in [2.05, 4.69) is 17.2 Å². The number of thiazole rings is 1. The molecule has 0 bridgehead atoms. The van der Waals surface area contributed by atoms with Gasteiger partial charge in [0.25, 0.3) is 0 Å². The van der Waals surface area contributed by atoms with Crippen molar-refractivity contribution < 1.29 is 0 Å². The van der Waals surface area contributed by atoms with E-state index in [1.165, 1.54) is 0 Å². The summed E-state index contributed by atoms with van der Waals surface area (Å²) < 4.78 is 0. The van der Waals surface area contributed by atoms with E-state index in [0.717, 1.165) is 21.4 Å². The van der Waals surface area contributed by atoms with E-state index >= 15 is 0 Å². The number of rotatable bonds is 3. The normalized spacial score (nSPS) is 12.4. The average Bonchev–Trinajstić information content (AvgIpc) is 2.64. The Morgan fingerprint density at radius 1 is 1.38 bits per heavy atom. The summed E-state index contributed by atoms with van der Waals surface area (Å²) in [5.41, 5.74) is 2.14. The van der Waals surface area contributed by atoms with Crippen molar-refractivity contribution >= 4 is 28.1 Å². The molecule has 1 atom stereocenters. The fourth-order valence-corrected chi connectivity index (χ4v) is 2.59. The number of nitrogens with one attached hydrogen (secondary N) is 1. The molecule has 84 valence electrons. The van der Waals surface area contributed by atoms with E-state index in [4.69, 9.17) is 11.6 Å². The van der Waals surface area contributed by atoms with Crippen LogP contribution in [0.25, 0.3) is 0 Å². The van der Waals surface area contributed by atoms with Gasteiger partial charge in [-0.15, -0.1) is 11.3 Å². The zero-order valence-electron chi connectivity index (χ0n) is 9.20. The minimum absolute atomic E-state index is 0.166. The highest BCUT2D eigenvalue weighted by Crippen LogP contribution is 2.26. The van der Waals surface area contributed by atoms with Gasteiger partial charge >= 0.3 is 0 Å². The lowest BCUT2D eigenvalue weighted by Crippen LogP contribution is -2.06. The number of nitrogens with zero attached hydrogens (tertiary/aromatic N) is 1. The van der Waals surface area contributed by atoms with Gasteiger partial charge in [-0.25, -0.2) is 4.98 Å². The predicted molar refractivity (Wildman–Crippen MR) is 70.3 cm³/mol. The number of benzene rings is 1. The first-order valence-electron chi connectivity index (χ1n) is 5.10. The lowest BCUT2D eigenvalue weighted by molar-refractivity contribution is 0.880. The Morgan fingerprint density at radius 3 is 2.75 bits per heavy atom. The van der Waals surface area contributed by atoms with Crippen LogP contribution in [-0.4, -0.2) is 4.98 Å². The summed E-state index contributed by atoms with van der Waals surface area (Å²) in [6.07, 6.45) is 0. The minimum atomic E-state index is 0.166. The first-order valence-corrected chi connectivity index (χ1v) is 6.35. The van der Waals surface area contributed by atoms with Crippen LogP contribution in [-0.2, 0) is 0 Å². The second kappa shape index (κ2) is 4.85. The minimum Gasteiger partial charge on any atom is -0.355 e. The van der Waals surface area contributed by atoms with Crippen LogP contribution in [0.4, 0.5) is 5.13 Å². The zero-order valence-corrected chi connectivity index (χ0v) is 10.8. The summed E-state index contributed by atoms with van der Waals surface area (Å²) >= 11 is 7.75. The lowest BCUT2D eigenvalue weighted by atomic mass is 10.1. The number of aromatic nitrogens is 1. The Bertz CT molecular complexity index is 481. The van der Waals surface area contributed by atoms with Crippen molar-refractivity contribution in [2.24, 2.45) is 0 Å². The van der Waals surface area contributed by atoms with Crippen molar-refractivity contribution in [3.8, 4) is 0 Å². The van der Waals surface area contributed by atoms with Crippen molar-refractivity contribution in [1.82, 2.24) is 4.98 Å². The van der Waals surface area contributed by atoms with Crippen LogP contribution in [0, 0.1) is 6.92 Å². The Balaban J connectivity index is 2.14. The molecule has 1 unspecified atom stereocenters. The van der Waals surface area contributed by atoms with E-state index in [0.29, 0.717) is 0 Å². The lowest BCUT2D eigenvalue weighted by Gasteiger charge is -2.14. The van der Waals surface area contributed by atoms with Gasteiger partial charge in [0.05, 0.1) is 11.7 Å². The van der Waals surface area contributed by atoms with Crippen LogP contribution in [0.2, 0.25) is 5.02 Å². The maximum absolute atomic E-state index is 6.13. The average molecular weight is 253 g/mol. The second-order valence-corrected chi connectivity index (χ2v) is 4.95. The van der Waals surface area contributed by atoms with Crippen LogP contribution >= 0.6 is 22.9 Å². The van der Waals surface area contributed by atoms with Crippen LogP contribution in [0.15, 0.2) is 29.6 Å². The van der Waals surface area contributed by atoms with Crippen LogP contribution in [0.5, 0.6) is 0 Å². The van der Waals surface area contributed by atoms with Gasteiger partial charge in [-0.1, -0.05) is 29.8 Å². The third kappa shape index (κ3) is 2.54. The molecule has 0 fully saturated rings. The van der Waals surface area contributed by atoms with Crippen molar-refractivity contribution in [2.45, 2.75) is 19.9 Å². The standard InChI is InChI=1S/C12H13ClN2S/c1-8-7-16-12(14-8)15-9(2)10-5-3-4-6-11(10)13/h3-7,9H,1-2H3,(H,14,15). The third-order valence-corrected chi connectivity index (χ3v) is 3.57. The van der Waals surface area contributed by atoms with Crippen molar-refractivity contribution in [1.29, 1.82) is 0 Å². The second-order valence-electron chi connectivity index (χ2n) is 3.68. The van der Waals surface area contributed by atoms with Crippen LogP contribution < -0.4 is 5.32 Å². The number of hydrogen-bond acceptors (Lipinski definition) is 3. The van der Waals surface area contributed by atoms with Crippen molar-refractivity contribution in [3.05, 3.63) is 45.9 Å². The van der Waals surface area contributed by atoms with E-state index in [-0.39, 0.29) is 6.04 Å². The summed E-state index contributed by atoms with van der Waals surface area (Å²) in [4.78, 5) is 4.37. The van der Waals surface area contributed by atoms with Crippen molar-refractivity contribution in [2.75, 3.05) is 5.32 Å². The molecule has 1 aromatic carbocycles. The predicted octanol–water partition coefficient (Wildman–Crippen LogP) is 4.28. The molecule has 0 aliphatic heterocycles. The molecular formula is C12H13ClN2S. The molecule has 2 nitrogen and oxygen atoms in total. The molecule has 0 radical (unpaired) electrons. The zero-order chi connectivity index (χ0) is 11.5. The van der Waals surface area contributed by atoms with Gasteiger partial charge in [-0.2, -0.15) is 0 Å². The largest absolute Gasteiger partial charge is 0.355 e. The van der Waals surface area contributed by atoms with Gasteiger partial charge in [0.2, 0.25) is 0 Å². The number of halogens is 1. The first-order chi connectivity index (χ1) is 7.66. The van der Waals surface area contributed by atoms with Crippen molar-refractivity contribution in [3.63, 3.8) is 0 Å². The molecule has 16 heavy (non-hydrogen) atoms. The molecule has 0 saturated heterocycles. The fraction of sp³-hybridized carbons (Fsp3) is 0.250. The Hall–Kier alpha value is -1.06. The maximum Gasteiger partial charge on any atom is 0.183 e. The highest BCUT2D eigenvalue weighted by molar-refractivity contribution is 7.13. The summed E-state index contributed by atoms with van der Waals surface area (Å²) in [5.74, 6) is 0. The quantitative estimate of drug-likeness (QED) is 0.882. The molecule has 0 aliphatic rings. The molecule has 4 heteroatoms. The Kier molecular flexibility index (Phi) is 3.46. The SMILES string of the molecule is Cc1csc(NC(C)c2ccccc2Cl)n1. The smallest absolute Gasteiger partial charge is 0.183 e. The maximum atomic E-state index is 6.13. The van der Waals surface area contributed by atoms with Gasteiger partial charge in [-0.3, -0.25) is 0 Å². The van der Waals surface area contributed by atoms with Crippen LogP contribution in [0.1, 0.15) is 24.2 Å². The Morgan fingerprint density at radius 2 is 2.12 bits per heavy atom. The number of hydrogen-bond donors (Lipinski definition) is 1.